The average Bonchev–Trinajstić information content (AvgIpc) is 2.20. The molecule has 0 spiro atoms. The van der Waals surface area contributed by atoms with Gasteiger partial charge in [-0.2, -0.15) is 0 Å². The first-order valence-electron chi connectivity index (χ1n) is 6.68. The molecule has 0 aromatic heterocycles. The van der Waals surface area contributed by atoms with E-state index in [0.29, 0.717) is 26.9 Å². The Balaban J connectivity index is 2.17. The van der Waals surface area contributed by atoms with Crippen LogP contribution in [0, 0.1) is 17.2 Å². The van der Waals surface area contributed by atoms with Crippen LogP contribution in [0.2, 0.25) is 5.02 Å². The van der Waals surface area contributed by atoms with E-state index in [1.165, 1.54) is 18.6 Å². The molecule has 1 aromatic rings. The normalized spacial score (nSPS) is 26.2. The van der Waals surface area contributed by atoms with Crippen molar-refractivity contribution in [3.05, 3.63) is 27.4 Å². The molecule has 1 fully saturated rings. The summed E-state index contributed by atoms with van der Waals surface area (Å²) in [6, 6.07) is 3.19. The van der Waals surface area contributed by atoms with Gasteiger partial charge in [0.2, 0.25) is 0 Å². The minimum absolute atomic E-state index is 0.320. The Morgan fingerprint density at radius 1 is 1.37 bits per heavy atom. The summed E-state index contributed by atoms with van der Waals surface area (Å²) in [7, 11) is 0. The third-order valence-electron chi connectivity index (χ3n) is 3.74. The van der Waals surface area contributed by atoms with Gasteiger partial charge >= 0.3 is 0 Å². The molecule has 19 heavy (non-hydrogen) atoms. The van der Waals surface area contributed by atoms with Gasteiger partial charge in [0, 0.05) is 10.5 Å². The number of rotatable bonds is 2. The fourth-order valence-electron chi connectivity index (χ4n) is 3.34. The van der Waals surface area contributed by atoms with E-state index in [9.17, 15) is 4.39 Å². The minimum atomic E-state index is -0.320. The van der Waals surface area contributed by atoms with Crippen molar-refractivity contribution in [2.75, 3.05) is 5.32 Å². The van der Waals surface area contributed by atoms with Crippen LogP contribution >= 0.6 is 27.5 Å². The van der Waals surface area contributed by atoms with Gasteiger partial charge in [0.05, 0.1) is 10.7 Å². The van der Waals surface area contributed by atoms with Crippen molar-refractivity contribution >= 4 is 33.2 Å². The van der Waals surface area contributed by atoms with E-state index in [1.807, 2.05) is 0 Å². The maximum Gasteiger partial charge on any atom is 0.125 e. The Hall–Kier alpha value is -0.280. The number of halogens is 3. The number of hydrogen-bond acceptors (Lipinski definition) is 1. The molecule has 1 saturated carbocycles. The first kappa shape index (κ1) is 15.1. The second-order valence-electron chi connectivity index (χ2n) is 6.50. The standard InChI is InChI=1S/C15H20BrClFN/c1-9-4-11(8-15(2,3)7-9)19-14-12(16)5-10(18)6-13(14)17/h5-6,9,11,19H,4,7-8H2,1-3H3. The molecule has 0 radical (unpaired) electrons. The molecule has 2 atom stereocenters. The second-order valence-corrected chi connectivity index (χ2v) is 7.76. The molecule has 2 rings (SSSR count). The molecule has 0 aliphatic heterocycles. The Kier molecular flexibility index (Phi) is 4.46. The van der Waals surface area contributed by atoms with Crippen LogP contribution in [0.15, 0.2) is 16.6 Å². The summed E-state index contributed by atoms with van der Waals surface area (Å²) in [5.74, 6) is 0.374. The van der Waals surface area contributed by atoms with E-state index in [-0.39, 0.29) is 5.82 Å². The van der Waals surface area contributed by atoms with Crippen molar-refractivity contribution < 1.29 is 4.39 Å². The molecule has 0 amide bonds. The predicted molar refractivity (Wildman–Crippen MR) is 83.3 cm³/mol. The molecule has 1 aromatic carbocycles. The fraction of sp³-hybridized carbons (Fsp3) is 0.600. The molecule has 106 valence electrons. The van der Waals surface area contributed by atoms with E-state index in [2.05, 4.69) is 42.0 Å². The zero-order valence-corrected chi connectivity index (χ0v) is 13.9. The molecule has 0 saturated heterocycles. The summed E-state index contributed by atoms with van der Waals surface area (Å²) in [4.78, 5) is 0. The summed E-state index contributed by atoms with van der Waals surface area (Å²) in [6.45, 7) is 6.90. The number of nitrogens with one attached hydrogen (secondary N) is 1. The van der Waals surface area contributed by atoms with E-state index >= 15 is 0 Å². The SMILES string of the molecule is CC1CC(Nc2c(Cl)cc(F)cc2Br)CC(C)(C)C1. The Morgan fingerprint density at radius 2 is 2.05 bits per heavy atom. The van der Waals surface area contributed by atoms with Crippen LogP contribution in [0.1, 0.15) is 40.0 Å². The van der Waals surface area contributed by atoms with E-state index in [1.54, 1.807) is 0 Å². The summed E-state index contributed by atoms with van der Waals surface area (Å²) in [5.41, 5.74) is 1.15. The van der Waals surface area contributed by atoms with Crippen LogP contribution in [-0.2, 0) is 0 Å². The molecule has 1 nitrogen and oxygen atoms in total. The smallest absolute Gasteiger partial charge is 0.125 e. The second kappa shape index (κ2) is 5.61. The minimum Gasteiger partial charge on any atom is -0.380 e. The van der Waals surface area contributed by atoms with Crippen molar-refractivity contribution in [1.82, 2.24) is 0 Å². The molecular weight excluding hydrogens is 329 g/mol. The van der Waals surface area contributed by atoms with Crippen LogP contribution in [0.3, 0.4) is 0 Å². The number of anilines is 1. The monoisotopic (exact) mass is 347 g/mol. The summed E-state index contributed by atoms with van der Waals surface area (Å²) < 4.78 is 13.9. The Morgan fingerprint density at radius 3 is 2.63 bits per heavy atom. The highest BCUT2D eigenvalue weighted by Gasteiger charge is 2.32. The van der Waals surface area contributed by atoms with Crippen LogP contribution in [-0.4, -0.2) is 6.04 Å². The highest BCUT2D eigenvalue weighted by molar-refractivity contribution is 9.10. The first-order chi connectivity index (χ1) is 8.77. The molecule has 1 aliphatic rings. The van der Waals surface area contributed by atoms with Gasteiger partial charge in [0.1, 0.15) is 5.82 Å². The lowest BCUT2D eigenvalue weighted by molar-refractivity contribution is 0.178. The third-order valence-corrected chi connectivity index (χ3v) is 4.67. The Bertz CT molecular complexity index is 452. The molecule has 1 N–H and O–H groups in total. The largest absolute Gasteiger partial charge is 0.380 e. The van der Waals surface area contributed by atoms with Crippen LogP contribution in [0.4, 0.5) is 10.1 Å². The fourth-order valence-corrected chi connectivity index (χ4v) is 4.26. The first-order valence-corrected chi connectivity index (χ1v) is 7.85. The molecule has 2 unspecified atom stereocenters. The van der Waals surface area contributed by atoms with Gasteiger partial charge in [-0.1, -0.05) is 32.4 Å². The summed E-state index contributed by atoms with van der Waals surface area (Å²) >= 11 is 9.51. The van der Waals surface area contributed by atoms with E-state index < -0.39 is 0 Å². The van der Waals surface area contributed by atoms with E-state index in [0.717, 1.165) is 18.5 Å². The van der Waals surface area contributed by atoms with Crippen molar-refractivity contribution in [2.24, 2.45) is 11.3 Å². The van der Waals surface area contributed by atoms with Gasteiger partial charge in [-0.15, -0.1) is 0 Å². The van der Waals surface area contributed by atoms with Gasteiger partial charge in [0.15, 0.2) is 0 Å². The van der Waals surface area contributed by atoms with Crippen LogP contribution in [0.25, 0.3) is 0 Å². The van der Waals surface area contributed by atoms with Crippen LogP contribution in [0.5, 0.6) is 0 Å². The van der Waals surface area contributed by atoms with Gasteiger partial charge in [0.25, 0.3) is 0 Å². The molecule has 0 bridgehead atoms. The highest BCUT2D eigenvalue weighted by atomic mass is 79.9. The maximum atomic E-state index is 13.2. The quantitative estimate of drug-likeness (QED) is 0.705. The lowest BCUT2D eigenvalue weighted by atomic mass is 9.70. The predicted octanol–water partition coefficient (Wildman–Crippen LogP) is 5.87. The lowest BCUT2D eigenvalue weighted by Crippen LogP contribution is -2.35. The van der Waals surface area contributed by atoms with Crippen molar-refractivity contribution in [1.29, 1.82) is 0 Å². The number of hydrogen-bond donors (Lipinski definition) is 1. The zero-order valence-electron chi connectivity index (χ0n) is 11.6. The topological polar surface area (TPSA) is 12.0 Å². The summed E-state index contributed by atoms with van der Waals surface area (Å²) in [6.07, 6.45) is 3.49. The number of benzene rings is 1. The lowest BCUT2D eigenvalue weighted by Gasteiger charge is -2.39. The highest BCUT2D eigenvalue weighted by Crippen LogP contribution is 2.41. The van der Waals surface area contributed by atoms with Gasteiger partial charge in [-0.3, -0.25) is 0 Å². The van der Waals surface area contributed by atoms with Gasteiger partial charge in [-0.05, 0) is 58.7 Å². The van der Waals surface area contributed by atoms with E-state index in [4.69, 9.17) is 11.6 Å². The summed E-state index contributed by atoms with van der Waals surface area (Å²) in [5, 5.41) is 3.92. The Labute approximate surface area is 128 Å². The van der Waals surface area contributed by atoms with Gasteiger partial charge < -0.3 is 5.32 Å². The third kappa shape index (κ3) is 3.85. The molecule has 0 heterocycles. The van der Waals surface area contributed by atoms with Crippen molar-refractivity contribution in [3.8, 4) is 0 Å². The maximum absolute atomic E-state index is 13.2. The molecule has 4 heteroatoms. The van der Waals surface area contributed by atoms with Crippen molar-refractivity contribution in [3.63, 3.8) is 0 Å². The van der Waals surface area contributed by atoms with Crippen LogP contribution < -0.4 is 5.32 Å². The van der Waals surface area contributed by atoms with Crippen molar-refractivity contribution in [2.45, 2.75) is 46.1 Å². The molecular formula is C15H20BrClFN. The molecule has 1 aliphatic carbocycles. The zero-order chi connectivity index (χ0) is 14.2. The van der Waals surface area contributed by atoms with Gasteiger partial charge in [-0.25, -0.2) is 4.39 Å². The average molecular weight is 349 g/mol.